The summed E-state index contributed by atoms with van der Waals surface area (Å²) in [6.07, 6.45) is 2.31. The van der Waals surface area contributed by atoms with Gasteiger partial charge in [0.1, 0.15) is 11.9 Å². The number of hydrogen-bond acceptors (Lipinski definition) is 4. The van der Waals surface area contributed by atoms with Gasteiger partial charge in [0.2, 0.25) is 21.8 Å². The summed E-state index contributed by atoms with van der Waals surface area (Å²) in [5.41, 5.74) is 3.57. The minimum absolute atomic E-state index is 0.0207. The van der Waals surface area contributed by atoms with Crippen molar-refractivity contribution in [2.75, 3.05) is 17.1 Å². The lowest BCUT2D eigenvalue weighted by Gasteiger charge is -2.33. The quantitative estimate of drug-likeness (QED) is 0.265. The van der Waals surface area contributed by atoms with E-state index in [1.54, 1.807) is 30.3 Å². The van der Waals surface area contributed by atoms with Crippen LogP contribution in [0.15, 0.2) is 72.8 Å². The highest BCUT2D eigenvalue weighted by molar-refractivity contribution is 7.92. The van der Waals surface area contributed by atoms with Gasteiger partial charge >= 0.3 is 0 Å². The number of benzene rings is 3. The molecule has 3 rings (SSSR count). The third kappa shape index (κ3) is 9.41. The van der Waals surface area contributed by atoms with E-state index < -0.39 is 21.9 Å². The third-order valence-corrected chi connectivity index (χ3v) is 8.41. The van der Waals surface area contributed by atoms with Gasteiger partial charge in [0.15, 0.2) is 0 Å². The minimum atomic E-state index is -3.62. The van der Waals surface area contributed by atoms with Crippen molar-refractivity contribution in [1.29, 1.82) is 0 Å². The summed E-state index contributed by atoms with van der Waals surface area (Å²) in [4.78, 5) is 28.9. The molecule has 7 nitrogen and oxygen atoms in total. The Morgan fingerprint density at radius 3 is 2.17 bits per heavy atom. The lowest BCUT2D eigenvalue weighted by atomic mass is 10.0. The predicted octanol–water partition coefficient (Wildman–Crippen LogP) is 5.54. The van der Waals surface area contributed by atoms with Crippen molar-refractivity contribution in [3.63, 3.8) is 0 Å². The molecular weight excluding hydrogens is 553 g/mol. The molecule has 0 aliphatic heterocycles. The summed E-state index contributed by atoms with van der Waals surface area (Å²) in [5, 5.41) is 3.00. The molecule has 0 saturated carbocycles. The number of aryl methyl sites for hydroxylation is 2. The summed E-state index contributed by atoms with van der Waals surface area (Å²) < 4.78 is 41.5. The highest BCUT2D eigenvalue weighted by Gasteiger charge is 2.31. The summed E-state index contributed by atoms with van der Waals surface area (Å²) in [7, 11) is -3.62. The summed E-state index contributed by atoms with van der Waals surface area (Å²) in [6, 6.07) is 20.2. The second kappa shape index (κ2) is 15.0. The average Bonchev–Trinajstić information content (AvgIpc) is 2.93. The molecule has 42 heavy (non-hydrogen) atoms. The maximum atomic E-state index is 14.8. The van der Waals surface area contributed by atoms with E-state index in [1.807, 2.05) is 64.1 Å². The lowest BCUT2D eigenvalue weighted by molar-refractivity contribution is -0.141. The number of amides is 2. The molecule has 226 valence electrons. The molecule has 0 aromatic heterocycles. The molecule has 0 saturated heterocycles. The van der Waals surface area contributed by atoms with E-state index in [9.17, 15) is 22.4 Å². The highest BCUT2D eigenvalue weighted by Crippen LogP contribution is 2.23. The first-order chi connectivity index (χ1) is 19.9. The molecule has 0 spiro atoms. The number of nitrogens with one attached hydrogen (secondary N) is 1. The van der Waals surface area contributed by atoms with Crippen LogP contribution in [0.25, 0.3) is 0 Å². The predicted molar refractivity (Wildman–Crippen MR) is 166 cm³/mol. The molecule has 3 aromatic rings. The zero-order chi connectivity index (χ0) is 30.9. The molecule has 0 fully saturated rings. The van der Waals surface area contributed by atoms with Crippen LogP contribution < -0.4 is 9.62 Å². The van der Waals surface area contributed by atoms with E-state index in [-0.39, 0.29) is 50.2 Å². The average molecular weight is 596 g/mol. The van der Waals surface area contributed by atoms with Gasteiger partial charge in [-0.25, -0.2) is 12.8 Å². The third-order valence-electron chi connectivity index (χ3n) is 7.22. The van der Waals surface area contributed by atoms with E-state index in [1.165, 1.54) is 15.3 Å². The van der Waals surface area contributed by atoms with E-state index >= 15 is 0 Å². The molecule has 0 bridgehead atoms. The van der Waals surface area contributed by atoms with Crippen molar-refractivity contribution in [2.45, 2.75) is 72.0 Å². The Balaban J connectivity index is 1.91. The van der Waals surface area contributed by atoms with Crippen LogP contribution in [-0.2, 0) is 32.6 Å². The van der Waals surface area contributed by atoms with Crippen LogP contribution in [0.2, 0.25) is 0 Å². The summed E-state index contributed by atoms with van der Waals surface area (Å²) in [5.74, 6) is -1.13. The van der Waals surface area contributed by atoms with Gasteiger partial charge in [0.05, 0.1) is 11.9 Å². The molecule has 0 heterocycles. The Morgan fingerprint density at radius 1 is 0.952 bits per heavy atom. The zero-order valence-electron chi connectivity index (χ0n) is 25.1. The molecule has 2 amide bonds. The topological polar surface area (TPSA) is 86.8 Å². The van der Waals surface area contributed by atoms with Gasteiger partial charge in [-0.2, -0.15) is 0 Å². The van der Waals surface area contributed by atoms with Gasteiger partial charge in [-0.15, -0.1) is 0 Å². The highest BCUT2D eigenvalue weighted by atomic mass is 32.2. The maximum Gasteiger partial charge on any atom is 0.243 e. The van der Waals surface area contributed by atoms with Gasteiger partial charge < -0.3 is 10.2 Å². The van der Waals surface area contributed by atoms with E-state index in [0.717, 1.165) is 22.9 Å². The number of rotatable bonds is 14. The monoisotopic (exact) mass is 595 g/mol. The number of nitrogens with zero attached hydrogens (tertiary/aromatic N) is 2. The number of sulfonamides is 1. The van der Waals surface area contributed by atoms with Gasteiger partial charge in [-0.05, 0) is 68.5 Å². The molecule has 9 heteroatoms. The van der Waals surface area contributed by atoms with Crippen molar-refractivity contribution in [3.05, 3.63) is 101 Å². The van der Waals surface area contributed by atoms with Crippen LogP contribution in [-0.4, -0.2) is 50.0 Å². The standard InChI is InChI=1S/C33H42FN3O4S/c1-6-26(4)35-33(39)31(22-27-13-8-7-9-14-27)36(23-28-15-10-11-16-30(28)34)32(38)17-12-18-37(42(5,40)41)29-20-24(2)19-25(3)21-29/h7-11,13-16,19-21,26,31H,6,12,17-18,22-23H2,1-5H3,(H,35,39). The Labute approximate surface area is 249 Å². The number of anilines is 1. The lowest BCUT2D eigenvalue weighted by Crippen LogP contribution is -2.52. The Hall–Kier alpha value is -3.72. The Morgan fingerprint density at radius 2 is 1.57 bits per heavy atom. The van der Waals surface area contributed by atoms with Crippen LogP contribution in [0.5, 0.6) is 0 Å². The second-order valence-electron chi connectivity index (χ2n) is 10.9. The Kier molecular flexibility index (Phi) is 11.7. The first-order valence-corrected chi connectivity index (χ1v) is 16.2. The number of carbonyl (C=O) groups is 2. The Bertz CT molecular complexity index is 1440. The molecule has 3 aromatic carbocycles. The zero-order valence-corrected chi connectivity index (χ0v) is 26.0. The molecule has 0 aliphatic carbocycles. The first-order valence-electron chi connectivity index (χ1n) is 14.3. The SMILES string of the molecule is CCC(C)NC(=O)C(Cc1ccccc1)N(Cc1ccccc1F)C(=O)CCCN(c1cc(C)cc(C)c1)S(C)(=O)=O. The minimum Gasteiger partial charge on any atom is -0.352 e. The number of hydrogen-bond donors (Lipinski definition) is 1. The van der Waals surface area contributed by atoms with E-state index in [2.05, 4.69) is 5.32 Å². The molecular formula is C33H42FN3O4S. The van der Waals surface area contributed by atoms with Crippen molar-refractivity contribution >= 4 is 27.5 Å². The number of halogens is 1. The second-order valence-corrected chi connectivity index (χ2v) is 12.8. The largest absolute Gasteiger partial charge is 0.352 e. The van der Waals surface area contributed by atoms with Crippen LogP contribution in [0.3, 0.4) is 0 Å². The van der Waals surface area contributed by atoms with Crippen molar-refractivity contribution in [2.24, 2.45) is 0 Å². The summed E-state index contributed by atoms with van der Waals surface area (Å²) >= 11 is 0. The fraction of sp³-hybridized carbons (Fsp3) is 0.394. The fourth-order valence-corrected chi connectivity index (χ4v) is 5.85. The van der Waals surface area contributed by atoms with Gasteiger partial charge in [0.25, 0.3) is 0 Å². The molecule has 2 unspecified atom stereocenters. The molecule has 2 atom stereocenters. The van der Waals surface area contributed by atoms with Crippen LogP contribution in [0, 0.1) is 19.7 Å². The molecule has 0 radical (unpaired) electrons. The van der Waals surface area contributed by atoms with Gasteiger partial charge in [0, 0.05) is 37.5 Å². The van der Waals surface area contributed by atoms with Crippen molar-refractivity contribution < 1.29 is 22.4 Å². The van der Waals surface area contributed by atoms with Crippen molar-refractivity contribution in [1.82, 2.24) is 10.2 Å². The smallest absolute Gasteiger partial charge is 0.243 e. The van der Waals surface area contributed by atoms with Crippen molar-refractivity contribution in [3.8, 4) is 0 Å². The normalized spacial score (nSPS) is 12.8. The maximum absolute atomic E-state index is 14.8. The number of carbonyl (C=O) groups excluding carboxylic acids is 2. The van der Waals surface area contributed by atoms with Crippen LogP contribution in [0.1, 0.15) is 55.4 Å². The fourth-order valence-electron chi connectivity index (χ4n) is 4.90. The van der Waals surface area contributed by atoms with Crippen LogP contribution in [0.4, 0.5) is 10.1 Å². The first kappa shape index (κ1) is 32.8. The van der Waals surface area contributed by atoms with Gasteiger partial charge in [-0.3, -0.25) is 13.9 Å². The van der Waals surface area contributed by atoms with E-state index in [4.69, 9.17) is 0 Å². The summed E-state index contributed by atoms with van der Waals surface area (Å²) in [6.45, 7) is 7.65. The molecule has 1 N–H and O–H groups in total. The van der Waals surface area contributed by atoms with Crippen LogP contribution >= 0.6 is 0 Å². The van der Waals surface area contributed by atoms with E-state index in [0.29, 0.717) is 17.7 Å². The molecule has 0 aliphatic rings. The van der Waals surface area contributed by atoms with Gasteiger partial charge in [-0.1, -0.05) is 61.5 Å².